The monoisotopic (exact) mass is 242 g/mol. The van der Waals surface area contributed by atoms with Crippen LogP contribution in [0.25, 0.3) is 0 Å². The van der Waals surface area contributed by atoms with Crippen molar-refractivity contribution in [3.63, 3.8) is 0 Å². The summed E-state index contributed by atoms with van der Waals surface area (Å²) < 4.78 is 4.65. The smallest absolute Gasteiger partial charge is 0.339 e. The number of aromatic nitrogens is 1. The van der Waals surface area contributed by atoms with Gasteiger partial charge in [0.05, 0.1) is 17.7 Å². The third-order valence-electron chi connectivity index (χ3n) is 2.33. The molecule has 0 aromatic carbocycles. The van der Waals surface area contributed by atoms with E-state index in [9.17, 15) is 4.79 Å². The average molecular weight is 243 g/mol. The summed E-state index contributed by atoms with van der Waals surface area (Å²) in [5.74, 6) is 0.288. The molecule has 1 aromatic rings. The van der Waals surface area contributed by atoms with Crippen molar-refractivity contribution in [2.45, 2.75) is 13.8 Å². The first-order valence-corrected chi connectivity index (χ1v) is 5.50. The molecule has 0 bridgehead atoms. The van der Waals surface area contributed by atoms with Crippen LogP contribution in [0.1, 0.15) is 24.2 Å². The molecule has 0 unspecified atom stereocenters. The zero-order chi connectivity index (χ0) is 12.1. The molecule has 0 aliphatic heterocycles. The second-order valence-corrected chi connectivity index (χ2v) is 3.59. The highest BCUT2D eigenvalue weighted by molar-refractivity contribution is 6.33. The molecule has 0 fully saturated rings. The number of methoxy groups -OCH3 is 1. The Balaban J connectivity index is 3.11. The Morgan fingerprint density at radius 1 is 1.50 bits per heavy atom. The van der Waals surface area contributed by atoms with Crippen LogP contribution in [-0.4, -0.2) is 31.2 Å². The van der Waals surface area contributed by atoms with E-state index in [-0.39, 0.29) is 0 Å². The van der Waals surface area contributed by atoms with E-state index in [1.165, 1.54) is 13.3 Å². The van der Waals surface area contributed by atoms with Crippen molar-refractivity contribution in [3.8, 4) is 0 Å². The van der Waals surface area contributed by atoms with Crippen molar-refractivity contribution in [2.24, 2.45) is 0 Å². The van der Waals surface area contributed by atoms with Crippen molar-refractivity contribution in [2.75, 3.05) is 25.1 Å². The van der Waals surface area contributed by atoms with E-state index in [0.29, 0.717) is 10.6 Å². The summed E-state index contributed by atoms with van der Waals surface area (Å²) in [6.45, 7) is 5.70. The topological polar surface area (TPSA) is 42.4 Å². The zero-order valence-electron chi connectivity index (χ0n) is 9.66. The Morgan fingerprint density at radius 3 is 2.62 bits per heavy atom. The van der Waals surface area contributed by atoms with Crippen molar-refractivity contribution in [1.29, 1.82) is 0 Å². The number of pyridine rings is 1. The molecule has 1 aromatic heterocycles. The van der Waals surface area contributed by atoms with Gasteiger partial charge < -0.3 is 9.64 Å². The van der Waals surface area contributed by atoms with Gasteiger partial charge in [0.2, 0.25) is 0 Å². The fourth-order valence-electron chi connectivity index (χ4n) is 1.41. The number of carbonyl (C=O) groups excluding carboxylic acids is 1. The molecule has 88 valence electrons. The lowest BCUT2D eigenvalue weighted by atomic mass is 10.2. The number of hydrogen-bond donors (Lipinski definition) is 0. The van der Waals surface area contributed by atoms with Gasteiger partial charge in [-0.15, -0.1) is 0 Å². The van der Waals surface area contributed by atoms with E-state index in [4.69, 9.17) is 11.6 Å². The standard InChI is InChI=1S/C11H15ClN2O2/c1-4-14(5-2)10-6-8(11(15)16-3)9(12)7-13-10/h6-7H,4-5H2,1-3H3. The molecule has 0 amide bonds. The van der Waals surface area contributed by atoms with Gasteiger partial charge in [0.1, 0.15) is 5.82 Å². The molecular weight excluding hydrogens is 228 g/mol. The Kier molecular flexibility index (Phi) is 4.55. The maximum Gasteiger partial charge on any atom is 0.339 e. The molecule has 0 aliphatic rings. The molecule has 0 atom stereocenters. The Bertz CT molecular complexity index is 378. The Hall–Kier alpha value is -1.29. The van der Waals surface area contributed by atoms with Gasteiger partial charge in [-0.1, -0.05) is 11.6 Å². The number of ether oxygens (including phenoxy) is 1. The van der Waals surface area contributed by atoms with Crippen LogP contribution in [0.15, 0.2) is 12.3 Å². The number of rotatable bonds is 4. The average Bonchev–Trinajstić information content (AvgIpc) is 2.31. The van der Waals surface area contributed by atoms with Gasteiger partial charge in [-0.05, 0) is 19.9 Å². The zero-order valence-corrected chi connectivity index (χ0v) is 10.4. The first kappa shape index (κ1) is 12.8. The van der Waals surface area contributed by atoms with Gasteiger partial charge in [0.15, 0.2) is 0 Å². The van der Waals surface area contributed by atoms with Crippen LogP contribution in [0.2, 0.25) is 5.02 Å². The van der Waals surface area contributed by atoms with Crippen LogP contribution in [0.3, 0.4) is 0 Å². The number of nitrogens with zero attached hydrogens (tertiary/aromatic N) is 2. The quantitative estimate of drug-likeness (QED) is 0.761. The number of halogens is 1. The molecule has 1 heterocycles. The summed E-state index contributed by atoms with van der Waals surface area (Å²) in [5.41, 5.74) is 0.348. The highest BCUT2D eigenvalue weighted by Gasteiger charge is 2.14. The van der Waals surface area contributed by atoms with E-state index in [1.54, 1.807) is 6.07 Å². The van der Waals surface area contributed by atoms with Crippen molar-refractivity contribution in [1.82, 2.24) is 4.98 Å². The second-order valence-electron chi connectivity index (χ2n) is 3.19. The minimum Gasteiger partial charge on any atom is -0.465 e. The molecule has 0 saturated carbocycles. The van der Waals surface area contributed by atoms with Crippen LogP contribution in [0, 0.1) is 0 Å². The molecule has 0 saturated heterocycles. The van der Waals surface area contributed by atoms with E-state index in [0.717, 1.165) is 18.9 Å². The summed E-state index contributed by atoms with van der Waals surface area (Å²) >= 11 is 5.88. The summed E-state index contributed by atoms with van der Waals surface area (Å²) in [6, 6.07) is 1.65. The van der Waals surface area contributed by atoms with Crippen LogP contribution in [-0.2, 0) is 4.74 Å². The molecule has 16 heavy (non-hydrogen) atoms. The lowest BCUT2D eigenvalue weighted by Gasteiger charge is -2.20. The van der Waals surface area contributed by atoms with Crippen LogP contribution >= 0.6 is 11.6 Å². The first-order chi connectivity index (χ1) is 7.63. The minimum absolute atomic E-state index is 0.308. The summed E-state index contributed by atoms with van der Waals surface area (Å²) in [5, 5.41) is 0.308. The summed E-state index contributed by atoms with van der Waals surface area (Å²) in [7, 11) is 1.33. The molecule has 1 rings (SSSR count). The predicted molar refractivity (Wildman–Crippen MR) is 64.1 cm³/mol. The minimum atomic E-state index is -0.444. The maximum atomic E-state index is 11.4. The molecular formula is C11H15ClN2O2. The second kappa shape index (κ2) is 5.70. The first-order valence-electron chi connectivity index (χ1n) is 5.12. The lowest BCUT2D eigenvalue weighted by Crippen LogP contribution is -2.23. The maximum absolute atomic E-state index is 11.4. The Labute approximate surface area is 100 Å². The van der Waals surface area contributed by atoms with Crippen LogP contribution in [0.4, 0.5) is 5.82 Å². The lowest BCUT2D eigenvalue weighted by molar-refractivity contribution is 0.0601. The largest absolute Gasteiger partial charge is 0.465 e. The third kappa shape index (κ3) is 2.64. The molecule has 0 N–H and O–H groups in total. The van der Waals surface area contributed by atoms with E-state index in [1.807, 2.05) is 18.7 Å². The van der Waals surface area contributed by atoms with Crippen LogP contribution < -0.4 is 4.90 Å². The number of anilines is 1. The predicted octanol–water partition coefficient (Wildman–Crippen LogP) is 2.37. The summed E-state index contributed by atoms with van der Waals surface area (Å²) in [4.78, 5) is 17.6. The van der Waals surface area contributed by atoms with E-state index >= 15 is 0 Å². The van der Waals surface area contributed by atoms with Crippen molar-refractivity contribution < 1.29 is 9.53 Å². The van der Waals surface area contributed by atoms with Crippen molar-refractivity contribution in [3.05, 3.63) is 22.8 Å². The van der Waals surface area contributed by atoms with Crippen LogP contribution in [0.5, 0.6) is 0 Å². The van der Waals surface area contributed by atoms with Gasteiger partial charge in [-0.25, -0.2) is 9.78 Å². The molecule has 0 aliphatic carbocycles. The van der Waals surface area contributed by atoms with Gasteiger partial charge >= 0.3 is 5.97 Å². The van der Waals surface area contributed by atoms with Gasteiger partial charge in [-0.3, -0.25) is 0 Å². The van der Waals surface area contributed by atoms with E-state index < -0.39 is 5.97 Å². The molecule has 0 radical (unpaired) electrons. The third-order valence-corrected chi connectivity index (χ3v) is 2.63. The Morgan fingerprint density at radius 2 is 2.12 bits per heavy atom. The fraction of sp³-hybridized carbons (Fsp3) is 0.455. The fourth-order valence-corrected chi connectivity index (χ4v) is 1.60. The molecule has 5 heteroatoms. The number of carbonyl (C=O) groups is 1. The summed E-state index contributed by atoms with van der Waals surface area (Å²) in [6.07, 6.45) is 1.47. The highest BCUT2D eigenvalue weighted by Crippen LogP contribution is 2.21. The normalized spacial score (nSPS) is 10.0. The van der Waals surface area contributed by atoms with Gasteiger partial charge in [0.25, 0.3) is 0 Å². The van der Waals surface area contributed by atoms with Crippen molar-refractivity contribution >= 4 is 23.4 Å². The van der Waals surface area contributed by atoms with E-state index in [2.05, 4.69) is 9.72 Å². The van der Waals surface area contributed by atoms with Gasteiger partial charge in [0, 0.05) is 19.3 Å². The molecule has 4 nitrogen and oxygen atoms in total. The number of esters is 1. The molecule has 0 spiro atoms. The number of hydrogen-bond acceptors (Lipinski definition) is 4. The SMILES string of the molecule is CCN(CC)c1cc(C(=O)OC)c(Cl)cn1. The highest BCUT2D eigenvalue weighted by atomic mass is 35.5. The van der Waals surface area contributed by atoms with Gasteiger partial charge in [-0.2, -0.15) is 0 Å².